The van der Waals surface area contributed by atoms with Gasteiger partial charge in [-0.2, -0.15) is 0 Å². The second kappa shape index (κ2) is 11.2. The molecule has 0 bridgehead atoms. The monoisotopic (exact) mass is 469 g/mol. The molecule has 10 nitrogen and oxygen atoms in total. The maximum absolute atomic E-state index is 13.1. The molecule has 0 saturated carbocycles. The van der Waals surface area contributed by atoms with E-state index in [0.717, 1.165) is 6.42 Å². The van der Waals surface area contributed by atoms with Gasteiger partial charge in [-0.1, -0.05) is 18.1 Å². The van der Waals surface area contributed by atoms with Crippen LogP contribution in [-0.4, -0.2) is 60.0 Å². The van der Waals surface area contributed by atoms with Crippen molar-refractivity contribution in [3.8, 4) is 11.5 Å². The molecule has 1 heterocycles. The van der Waals surface area contributed by atoms with Gasteiger partial charge in [0, 0.05) is 23.7 Å². The van der Waals surface area contributed by atoms with Crippen molar-refractivity contribution in [2.24, 2.45) is 10.9 Å². The number of hydrogen-bond donors (Lipinski definition) is 2. The number of fused-ring (bicyclic) bond motifs is 1. The molecule has 3 N–H and O–H groups in total. The van der Waals surface area contributed by atoms with E-state index in [-0.39, 0.29) is 43.8 Å². The molecule has 1 amide bonds. The number of nitrogens with zero attached hydrogens (tertiary/aromatic N) is 2. The SMILES string of the molecule is CCCOc1cc(OCC(=O)OCC)ccc1C(=O)CN1Cc2cc(/C(N)=N\O)ccc2C1=O. The molecule has 0 atom stereocenters. The highest BCUT2D eigenvalue weighted by atomic mass is 16.6. The average Bonchev–Trinajstić information content (AvgIpc) is 3.15. The molecule has 0 spiro atoms. The predicted molar refractivity (Wildman–Crippen MR) is 122 cm³/mol. The minimum atomic E-state index is -0.499. The number of esters is 1. The van der Waals surface area contributed by atoms with Crippen LogP contribution in [0.1, 0.15) is 52.1 Å². The summed E-state index contributed by atoms with van der Waals surface area (Å²) in [6, 6.07) is 9.51. The van der Waals surface area contributed by atoms with Gasteiger partial charge in [0.25, 0.3) is 5.91 Å². The molecule has 34 heavy (non-hydrogen) atoms. The van der Waals surface area contributed by atoms with Crippen molar-refractivity contribution in [1.82, 2.24) is 4.90 Å². The van der Waals surface area contributed by atoms with Crippen LogP contribution in [0.3, 0.4) is 0 Å². The van der Waals surface area contributed by atoms with Gasteiger partial charge >= 0.3 is 5.97 Å². The summed E-state index contributed by atoms with van der Waals surface area (Å²) in [5.41, 5.74) is 7.57. The Balaban J connectivity index is 1.75. The van der Waals surface area contributed by atoms with Gasteiger partial charge in [0.05, 0.1) is 25.3 Å². The van der Waals surface area contributed by atoms with Gasteiger partial charge in [-0.15, -0.1) is 0 Å². The van der Waals surface area contributed by atoms with Crippen LogP contribution in [0.15, 0.2) is 41.6 Å². The standard InChI is InChI=1S/C24H27N3O7/c1-3-9-33-21-11-17(34-14-22(29)32-4-2)6-8-19(21)20(28)13-27-12-16-10-15(23(25)26-31)5-7-18(16)24(27)30/h5-8,10-11,31H,3-4,9,12-14H2,1-2H3,(H2,25,26). The summed E-state index contributed by atoms with van der Waals surface area (Å²) in [5, 5.41) is 11.9. The Morgan fingerprint density at radius 3 is 2.65 bits per heavy atom. The van der Waals surface area contributed by atoms with Gasteiger partial charge < -0.3 is 30.1 Å². The van der Waals surface area contributed by atoms with Crippen molar-refractivity contribution in [2.75, 3.05) is 26.4 Å². The lowest BCUT2D eigenvalue weighted by Crippen LogP contribution is -2.30. The summed E-state index contributed by atoms with van der Waals surface area (Å²) >= 11 is 0. The number of amides is 1. The quantitative estimate of drug-likeness (QED) is 0.128. The third kappa shape index (κ3) is 5.64. The molecule has 3 rings (SSSR count). The highest BCUT2D eigenvalue weighted by Gasteiger charge is 2.30. The lowest BCUT2D eigenvalue weighted by Gasteiger charge is -2.17. The second-order valence-corrected chi connectivity index (χ2v) is 7.54. The molecular weight excluding hydrogens is 442 g/mol. The van der Waals surface area contributed by atoms with E-state index in [2.05, 4.69) is 5.16 Å². The Morgan fingerprint density at radius 1 is 1.15 bits per heavy atom. The minimum Gasteiger partial charge on any atom is -0.493 e. The average molecular weight is 469 g/mol. The summed E-state index contributed by atoms with van der Waals surface area (Å²) in [5.74, 6) is -0.475. The van der Waals surface area contributed by atoms with Crippen molar-refractivity contribution in [3.05, 3.63) is 58.7 Å². The Bertz CT molecular complexity index is 1110. The third-order valence-electron chi connectivity index (χ3n) is 5.10. The Morgan fingerprint density at radius 2 is 1.94 bits per heavy atom. The molecular formula is C24H27N3O7. The zero-order chi connectivity index (χ0) is 24.7. The van der Waals surface area contributed by atoms with Gasteiger partial charge in [0.15, 0.2) is 18.2 Å². The lowest BCUT2D eigenvalue weighted by atomic mass is 10.1. The highest BCUT2D eigenvalue weighted by Crippen LogP contribution is 2.28. The molecule has 1 aliphatic rings. The largest absolute Gasteiger partial charge is 0.493 e. The van der Waals surface area contributed by atoms with E-state index in [9.17, 15) is 14.4 Å². The fourth-order valence-electron chi connectivity index (χ4n) is 3.48. The molecule has 0 radical (unpaired) electrons. The molecule has 10 heteroatoms. The van der Waals surface area contributed by atoms with Crippen LogP contribution in [0.25, 0.3) is 0 Å². The van der Waals surface area contributed by atoms with E-state index in [4.69, 9.17) is 25.2 Å². The maximum Gasteiger partial charge on any atom is 0.344 e. The molecule has 180 valence electrons. The van der Waals surface area contributed by atoms with Crippen LogP contribution >= 0.6 is 0 Å². The van der Waals surface area contributed by atoms with Crippen LogP contribution in [0.5, 0.6) is 11.5 Å². The number of nitrogens with two attached hydrogens (primary N) is 1. The highest BCUT2D eigenvalue weighted by molar-refractivity contribution is 6.06. The summed E-state index contributed by atoms with van der Waals surface area (Å²) < 4.78 is 16.0. The van der Waals surface area contributed by atoms with Gasteiger partial charge in [-0.25, -0.2) is 4.79 Å². The minimum absolute atomic E-state index is 0.0623. The third-order valence-corrected chi connectivity index (χ3v) is 5.10. The zero-order valence-corrected chi connectivity index (χ0v) is 19.1. The predicted octanol–water partition coefficient (Wildman–Crippen LogP) is 2.35. The number of hydrogen-bond acceptors (Lipinski definition) is 8. The first kappa shape index (κ1) is 24.6. The zero-order valence-electron chi connectivity index (χ0n) is 19.1. The number of carbonyl (C=O) groups is 3. The summed E-state index contributed by atoms with van der Waals surface area (Å²) in [6.45, 7) is 4.08. The number of ether oxygens (including phenoxy) is 3. The maximum atomic E-state index is 13.1. The van der Waals surface area contributed by atoms with Crippen molar-refractivity contribution >= 4 is 23.5 Å². The smallest absolute Gasteiger partial charge is 0.344 e. The lowest BCUT2D eigenvalue weighted by molar-refractivity contribution is -0.145. The first-order chi connectivity index (χ1) is 16.4. The normalized spacial score (nSPS) is 12.9. The number of ketones is 1. The molecule has 0 saturated heterocycles. The molecule has 2 aromatic carbocycles. The van der Waals surface area contributed by atoms with Crippen LogP contribution in [0.4, 0.5) is 0 Å². The molecule has 0 aliphatic carbocycles. The number of amidine groups is 1. The molecule has 2 aromatic rings. The van der Waals surface area contributed by atoms with E-state index in [1.807, 2.05) is 6.92 Å². The summed E-state index contributed by atoms with van der Waals surface area (Å²) in [4.78, 5) is 38.9. The Labute approximate surface area is 196 Å². The van der Waals surface area contributed by atoms with Crippen molar-refractivity contribution in [3.63, 3.8) is 0 Å². The summed E-state index contributed by atoms with van der Waals surface area (Å²) in [7, 11) is 0. The summed E-state index contributed by atoms with van der Waals surface area (Å²) in [6.07, 6.45) is 0.726. The van der Waals surface area contributed by atoms with E-state index in [1.165, 1.54) is 4.90 Å². The number of carbonyl (C=O) groups excluding carboxylic acids is 3. The first-order valence-electron chi connectivity index (χ1n) is 10.9. The van der Waals surface area contributed by atoms with Crippen LogP contribution < -0.4 is 15.2 Å². The molecule has 0 fully saturated rings. The van der Waals surface area contributed by atoms with Crippen LogP contribution in [-0.2, 0) is 16.1 Å². The van der Waals surface area contributed by atoms with Crippen molar-refractivity contribution in [2.45, 2.75) is 26.8 Å². The van der Waals surface area contributed by atoms with Gasteiger partial charge in [-0.05, 0) is 43.2 Å². The van der Waals surface area contributed by atoms with Crippen molar-refractivity contribution < 1.29 is 33.8 Å². The van der Waals surface area contributed by atoms with Gasteiger partial charge in [-0.3, -0.25) is 9.59 Å². The molecule has 1 aliphatic heterocycles. The number of Topliss-reactive ketones (excluding diaryl/α,β-unsaturated/α-hetero) is 1. The number of rotatable bonds is 11. The fourth-order valence-corrected chi connectivity index (χ4v) is 3.48. The van der Waals surface area contributed by atoms with E-state index >= 15 is 0 Å². The van der Waals surface area contributed by atoms with Gasteiger partial charge in [0.2, 0.25) is 0 Å². The van der Waals surface area contributed by atoms with E-state index in [0.29, 0.717) is 40.4 Å². The molecule has 0 aromatic heterocycles. The topological polar surface area (TPSA) is 141 Å². The first-order valence-corrected chi connectivity index (χ1v) is 10.9. The Hall–Kier alpha value is -4.08. The van der Waals surface area contributed by atoms with Gasteiger partial charge in [0.1, 0.15) is 11.5 Å². The van der Waals surface area contributed by atoms with Crippen LogP contribution in [0.2, 0.25) is 0 Å². The van der Waals surface area contributed by atoms with Crippen molar-refractivity contribution in [1.29, 1.82) is 0 Å². The molecule has 0 unspecified atom stereocenters. The second-order valence-electron chi connectivity index (χ2n) is 7.54. The fraction of sp³-hybridized carbons (Fsp3) is 0.333. The van der Waals surface area contributed by atoms with E-state index < -0.39 is 5.97 Å². The van der Waals surface area contributed by atoms with Crippen LogP contribution in [0, 0.1) is 0 Å². The number of oxime groups is 1. The Kier molecular flexibility index (Phi) is 8.07. The van der Waals surface area contributed by atoms with E-state index in [1.54, 1.807) is 43.3 Å². The number of benzene rings is 2.